The predicted molar refractivity (Wildman–Crippen MR) is 218 cm³/mol. The molecule has 1 aromatic carbocycles. The van der Waals surface area contributed by atoms with Gasteiger partial charge in [0.15, 0.2) is 11.5 Å². The molecule has 9 N–H and O–H groups in total. The number of rotatable bonds is 7. The number of allylic oxidation sites excluding steroid dienone is 2. The molecule has 1 aliphatic heterocycles. The number of benzene rings is 1. The first kappa shape index (κ1) is 40.1. The number of aliphatic hydroxyl groups is 5. The largest absolute Gasteiger partial charge is 0.504 e. The zero-order chi connectivity index (χ0) is 38.5. The van der Waals surface area contributed by atoms with Crippen LogP contribution >= 0.6 is 21.6 Å². The Morgan fingerprint density at radius 2 is 1.84 bits per heavy atom. The van der Waals surface area contributed by atoms with Crippen molar-refractivity contribution in [3.8, 4) is 23.3 Å². The van der Waals surface area contributed by atoms with Gasteiger partial charge in [0, 0.05) is 78.0 Å². The molecular weight excluding hydrogens is 735 g/mol. The molecule has 0 amide bonds. The Labute approximate surface area is 331 Å². The number of aryl methyl sites for hydroxylation is 1. The van der Waals surface area contributed by atoms with Crippen LogP contribution < -0.4 is 10.5 Å². The number of hydrogen-bond donors (Lipinski definition) is 8. The quantitative estimate of drug-likeness (QED) is 0.0845. The van der Waals surface area contributed by atoms with E-state index in [0.717, 1.165) is 59.2 Å². The number of aromatic nitrogens is 2. The van der Waals surface area contributed by atoms with E-state index in [1.807, 2.05) is 30.5 Å². The molecule has 3 aliphatic carbocycles. The van der Waals surface area contributed by atoms with Gasteiger partial charge in [0.25, 0.3) is 0 Å². The van der Waals surface area contributed by atoms with Gasteiger partial charge in [-0.1, -0.05) is 57.9 Å². The van der Waals surface area contributed by atoms with E-state index in [1.54, 1.807) is 33.9 Å². The topological polar surface area (TPSA) is 185 Å². The molecule has 2 aromatic heterocycles. The standard InChI is InChI=1S/C43H55N3O7S2/c44-43-35-24-55-54-23-30(22-48)42(52)40(19-29(32(35)11-14-46-43)17-31-5-3-13-45-31)53-39-21-34-27(18-37(39)50)10-9-26-16-28-8-7-25(12-15-47)4-1-2-6-36(49)41(28)38(51)20-33(26)34/h3,5,11,13-14,16,18,21,25,28-30,33,36,38,40-42,45,47-52H,1-2,4,6,9-10,12,15,17,19-20,22-24H2,(H2,44,46). The molecule has 0 saturated heterocycles. The van der Waals surface area contributed by atoms with Gasteiger partial charge in [0.1, 0.15) is 11.9 Å². The molecule has 12 heteroatoms. The Bertz CT molecular complexity index is 1850. The molecule has 10 atom stereocenters. The van der Waals surface area contributed by atoms with Gasteiger partial charge in [-0.25, -0.2) is 4.98 Å². The summed E-state index contributed by atoms with van der Waals surface area (Å²) in [6.07, 6.45) is 9.14. The van der Waals surface area contributed by atoms with Crippen molar-refractivity contribution < 1.29 is 35.4 Å². The van der Waals surface area contributed by atoms with Gasteiger partial charge in [-0.05, 0) is 104 Å². The average Bonchev–Trinajstić information content (AvgIpc) is 3.63. The van der Waals surface area contributed by atoms with Crippen molar-refractivity contribution in [3.05, 3.63) is 82.3 Å². The molecule has 0 spiro atoms. The molecule has 10 nitrogen and oxygen atoms in total. The molecule has 7 rings (SSSR count). The predicted octanol–water partition coefficient (Wildman–Crippen LogP) is 5.62. The molecule has 4 aliphatic rings. The highest BCUT2D eigenvalue weighted by Gasteiger charge is 2.41. The normalized spacial score (nSPS) is 31.4. The number of anilines is 1. The van der Waals surface area contributed by atoms with Crippen LogP contribution in [-0.2, 0) is 18.6 Å². The summed E-state index contributed by atoms with van der Waals surface area (Å²) in [5.74, 6) is 7.20. The smallest absolute Gasteiger partial charge is 0.161 e. The van der Waals surface area contributed by atoms with E-state index >= 15 is 0 Å². The highest BCUT2D eigenvalue weighted by Crippen LogP contribution is 2.48. The van der Waals surface area contributed by atoms with Gasteiger partial charge in [-0.2, -0.15) is 0 Å². The fourth-order valence-corrected chi connectivity index (χ4v) is 11.8. The number of nitrogens with two attached hydrogens (primary N) is 1. The Morgan fingerprint density at radius 3 is 2.64 bits per heavy atom. The lowest BCUT2D eigenvalue weighted by Crippen LogP contribution is -2.41. The Morgan fingerprint density at radius 1 is 0.982 bits per heavy atom. The lowest BCUT2D eigenvalue weighted by Gasteiger charge is -2.34. The number of nitrogens with zero attached hydrogens (tertiary/aromatic N) is 1. The lowest BCUT2D eigenvalue weighted by atomic mass is 9.76. The summed E-state index contributed by atoms with van der Waals surface area (Å²) in [7, 11) is 3.19. The van der Waals surface area contributed by atoms with Crippen molar-refractivity contribution in [2.45, 2.75) is 106 Å². The van der Waals surface area contributed by atoms with Gasteiger partial charge in [-0.3, -0.25) is 0 Å². The first-order chi connectivity index (χ1) is 26.7. The number of nitrogen functional groups attached to an aromatic ring is 1. The molecular formula is C43H55N3O7S2. The molecule has 0 bridgehead atoms. The molecule has 296 valence electrons. The third-order valence-electron chi connectivity index (χ3n) is 12.3. The molecule has 3 aromatic rings. The molecule has 0 fully saturated rings. The van der Waals surface area contributed by atoms with E-state index in [0.29, 0.717) is 55.8 Å². The van der Waals surface area contributed by atoms with E-state index < -0.39 is 36.3 Å². The summed E-state index contributed by atoms with van der Waals surface area (Å²) in [5.41, 5.74) is 12.6. The summed E-state index contributed by atoms with van der Waals surface area (Å²) < 4.78 is 6.76. The van der Waals surface area contributed by atoms with E-state index in [4.69, 9.17) is 10.5 Å². The monoisotopic (exact) mass is 789 g/mol. The second-order valence-electron chi connectivity index (χ2n) is 15.8. The minimum Gasteiger partial charge on any atom is -0.504 e. The van der Waals surface area contributed by atoms with E-state index in [2.05, 4.69) is 27.9 Å². The minimum atomic E-state index is -1.05. The number of ether oxygens (including phenoxy) is 1. The van der Waals surface area contributed by atoms with Crippen LogP contribution in [0.3, 0.4) is 0 Å². The Kier molecular flexibility index (Phi) is 13.4. The number of phenolic OH excluding ortho intramolecular Hbond substituents is 1. The second-order valence-corrected chi connectivity index (χ2v) is 18.3. The SMILES string of the molecule is Nc1nccc2c1CSSCC(CO)C(O)C(Oc1cc3c(cc1O)CCC1=CC4C#CC(CCO)CCCCC(O)C4C(O)CC13)CC2Cc1ccc[nH]1. The molecule has 3 heterocycles. The van der Waals surface area contributed by atoms with Gasteiger partial charge in [0.2, 0.25) is 0 Å². The number of fused-ring (bicyclic) bond motifs is 5. The van der Waals surface area contributed by atoms with Crippen LogP contribution in [0.15, 0.2) is 54.4 Å². The summed E-state index contributed by atoms with van der Waals surface area (Å²) >= 11 is 0. The number of H-pyrrole nitrogens is 1. The maximum Gasteiger partial charge on any atom is 0.161 e. The second kappa shape index (κ2) is 18.4. The zero-order valence-corrected chi connectivity index (χ0v) is 32.9. The average molecular weight is 790 g/mol. The van der Waals surface area contributed by atoms with Crippen molar-refractivity contribution in [3.63, 3.8) is 0 Å². The number of aromatic amines is 1. The third-order valence-corrected chi connectivity index (χ3v) is 14.7. The van der Waals surface area contributed by atoms with Crippen LogP contribution in [0.4, 0.5) is 5.82 Å². The Hall–Kier alpha value is -3.15. The van der Waals surface area contributed by atoms with Crippen molar-refractivity contribution in [1.82, 2.24) is 9.97 Å². The number of phenols is 1. The van der Waals surface area contributed by atoms with E-state index in [9.17, 15) is 30.6 Å². The number of aromatic hydroxyl groups is 1. The summed E-state index contributed by atoms with van der Waals surface area (Å²) in [4.78, 5) is 7.72. The fraction of sp³-hybridized carbons (Fsp3) is 0.558. The highest BCUT2D eigenvalue weighted by molar-refractivity contribution is 8.76. The lowest BCUT2D eigenvalue weighted by molar-refractivity contribution is -0.0195. The van der Waals surface area contributed by atoms with Crippen molar-refractivity contribution in [2.75, 3.05) is 24.7 Å². The number of nitrogens with one attached hydrogen (secondary N) is 1. The summed E-state index contributed by atoms with van der Waals surface area (Å²) in [5, 5.41) is 66.9. The fourth-order valence-electron chi connectivity index (χ4n) is 9.25. The summed E-state index contributed by atoms with van der Waals surface area (Å²) in [6, 6.07) is 9.63. The maximum absolute atomic E-state index is 12.0. The molecule has 0 radical (unpaired) electrons. The first-order valence-electron chi connectivity index (χ1n) is 19.8. The highest BCUT2D eigenvalue weighted by atomic mass is 33.1. The summed E-state index contributed by atoms with van der Waals surface area (Å²) in [6.45, 7) is -0.145. The minimum absolute atomic E-state index is 0.0209. The number of pyridine rings is 1. The van der Waals surface area contributed by atoms with Crippen molar-refractivity contribution >= 4 is 27.4 Å². The van der Waals surface area contributed by atoms with Gasteiger partial charge in [0.05, 0.1) is 18.3 Å². The van der Waals surface area contributed by atoms with Gasteiger partial charge in [-0.15, -0.1) is 0 Å². The first-order valence-corrected chi connectivity index (χ1v) is 22.3. The van der Waals surface area contributed by atoms with Crippen LogP contribution in [0.25, 0.3) is 0 Å². The third kappa shape index (κ3) is 9.20. The molecule has 0 saturated carbocycles. The van der Waals surface area contributed by atoms with Crippen LogP contribution in [-0.4, -0.2) is 84.0 Å². The van der Waals surface area contributed by atoms with Crippen LogP contribution in [0, 0.1) is 35.5 Å². The number of aliphatic hydroxyl groups excluding tert-OH is 5. The van der Waals surface area contributed by atoms with Gasteiger partial charge < -0.3 is 46.1 Å². The van der Waals surface area contributed by atoms with E-state index in [1.165, 1.54) is 0 Å². The molecule has 10 unspecified atom stereocenters. The van der Waals surface area contributed by atoms with Crippen LogP contribution in [0.2, 0.25) is 0 Å². The van der Waals surface area contributed by atoms with Crippen molar-refractivity contribution in [2.24, 2.45) is 23.7 Å². The number of hydrogen-bond acceptors (Lipinski definition) is 11. The van der Waals surface area contributed by atoms with E-state index in [-0.39, 0.29) is 48.4 Å². The van der Waals surface area contributed by atoms with Crippen LogP contribution in [0.1, 0.15) is 91.2 Å². The van der Waals surface area contributed by atoms with Crippen LogP contribution in [0.5, 0.6) is 11.5 Å². The maximum atomic E-state index is 12.0. The molecule has 55 heavy (non-hydrogen) atoms. The van der Waals surface area contributed by atoms with Crippen molar-refractivity contribution in [1.29, 1.82) is 0 Å². The zero-order valence-electron chi connectivity index (χ0n) is 31.2. The Balaban J connectivity index is 1.24. The van der Waals surface area contributed by atoms with Gasteiger partial charge >= 0.3 is 0 Å².